The molecule has 1 atom stereocenters. The van der Waals surface area contributed by atoms with Gasteiger partial charge in [-0.05, 0) is 107 Å². The van der Waals surface area contributed by atoms with Gasteiger partial charge in [-0.3, -0.25) is 4.90 Å². The predicted molar refractivity (Wildman–Crippen MR) is 228 cm³/mol. The van der Waals surface area contributed by atoms with E-state index < -0.39 is 0 Å². The molecule has 0 fully saturated rings. The summed E-state index contributed by atoms with van der Waals surface area (Å²) in [5, 5.41) is 0. The SMILES string of the molecule is CCCCCCCCC1(CCCCCCCC)c2cc(-c3cc4c5c(c3)Oc3ccccc3N5c3ccccc3O4)ccc2-c2ccc(C(C)CC)cc21. The third-order valence-electron chi connectivity index (χ3n) is 12.7. The van der Waals surface area contributed by atoms with Crippen LogP contribution in [-0.4, -0.2) is 0 Å². The van der Waals surface area contributed by atoms with Gasteiger partial charge in [-0.1, -0.05) is 159 Å². The van der Waals surface area contributed by atoms with Crippen LogP contribution < -0.4 is 14.4 Å². The molecule has 3 nitrogen and oxygen atoms in total. The lowest BCUT2D eigenvalue weighted by Gasteiger charge is -2.38. The van der Waals surface area contributed by atoms with Gasteiger partial charge < -0.3 is 9.47 Å². The second-order valence-electron chi connectivity index (χ2n) is 16.3. The Kier molecular flexibility index (Phi) is 10.9. The third kappa shape index (κ3) is 6.73. The molecule has 5 aromatic carbocycles. The molecule has 8 rings (SSSR count). The number of para-hydroxylation sites is 4. The number of nitrogens with zero attached hydrogens (tertiary/aromatic N) is 1. The Bertz CT molecular complexity index is 2010. The van der Waals surface area contributed by atoms with Crippen molar-refractivity contribution < 1.29 is 9.47 Å². The first-order chi connectivity index (χ1) is 26.6. The van der Waals surface area contributed by atoms with E-state index in [0.29, 0.717) is 5.92 Å². The van der Waals surface area contributed by atoms with E-state index in [2.05, 4.69) is 130 Å². The minimum Gasteiger partial charge on any atom is -0.453 e. The van der Waals surface area contributed by atoms with E-state index in [1.807, 2.05) is 0 Å². The number of fused-ring (bicyclic) bond motifs is 7. The molecule has 280 valence electrons. The molecule has 2 aliphatic heterocycles. The van der Waals surface area contributed by atoms with Crippen molar-refractivity contribution in [3.8, 4) is 45.3 Å². The van der Waals surface area contributed by atoms with Crippen molar-refractivity contribution >= 4 is 17.1 Å². The maximum absolute atomic E-state index is 6.70. The van der Waals surface area contributed by atoms with Gasteiger partial charge in [0.25, 0.3) is 0 Å². The molecule has 0 saturated carbocycles. The second-order valence-corrected chi connectivity index (χ2v) is 16.3. The van der Waals surface area contributed by atoms with E-state index in [1.165, 1.54) is 118 Å². The molecule has 2 heterocycles. The Balaban J connectivity index is 1.22. The van der Waals surface area contributed by atoms with E-state index in [-0.39, 0.29) is 5.41 Å². The number of rotatable bonds is 17. The fraction of sp³-hybridized carbons (Fsp3) is 0.412. The van der Waals surface area contributed by atoms with Gasteiger partial charge in [0.1, 0.15) is 5.69 Å². The molecule has 0 radical (unpaired) electrons. The highest BCUT2D eigenvalue weighted by molar-refractivity contribution is 5.95. The summed E-state index contributed by atoms with van der Waals surface area (Å²) >= 11 is 0. The zero-order valence-electron chi connectivity index (χ0n) is 33.2. The van der Waals surface area contributed by atoms with Gasteiger partial charge in [0, 0.05) is 5.41 Å². The predicted octanol–water partition coefficient (Wildman–Crippen LogP) is 16.3. The van der Waals surface area contributed by atoms with Crippen LogP contribution in [0.5, 0.6) is 23.0 Å². The normalized spacial score (nSPS) is 14.6. The van der Waals surface area contributed by atoms with Crippen LogP contribution in [0.1, 0.15) is 147 Å². The van der Waals surface area contributed by atoms with Crippen LogP contribution in [0, 0.1) is 0 Å². The first-order valence-corrected chi connectivity index (χ1v) is 21.4. The summed E-state index contributed by atoms with van der Waals surface area (Å²) < 4.78 is 13.4. The minimum atomic E-state index is 0.0177. The smallest absolute Gasteiger partial charge is 0.156 e. The van der Waals surface area contributed by atoms with Crippen molar-refractivity contribution in [2.45, 2.75) is 135 Å². The van der Waals surface area contributed by atoms with Gasteiger partial charge in [-0.25, -0.2) is 0 Å². The van der Waals surface area contributed by atoms with Gasteiger partial charge in [0.15, 0.2) is 23.0 Å². The Labute approximate surface area is 324 Å². The fourth-order valence-electron chi connectivity index (χ4n) is 9.50. The zero-order valence-corrected chi connectivity index (χ0v) is 33.2. The summed E-state index contributed by atoms with van der Waals surface area (Å²) in [6.07, 6.45) is 19.4. The average Bonchev–Trinajstić information content (AvgIpc) is 3.47. The maximum atomic E-state index is 6.70. The van der Waals surface area contributed by atoms with E-state index >= 15 is 0 Å². The molecular formula is C51H59NO2. The third-order valence-corrected chi connectivity index (χ3v) is 12.7. The average molecular weight is 718 g/mol. The standard InChI is InChI=1S/C51H59NO2/c1-5-8-10-12-14-20-30-51(31-21-15-13-11-9-6-2)42-32-37(36(4)7-3)26-28-40(42)41-29-27-38(33-43(41)51)39-34-48-50-49(35-39)54-47-25-19-17-23-45(47)52(50)44-22-16-18-24-46(44)53-48/h16-19,22-29,32-36H,5-15,20-21,30-31H2,1-4H3. The lowest BCUT2D eigenvalue weighted by atomic mass is 9.69. The molecule has 0 N–H and O–H groups in total. The first-order valence-electron chi connectivity index (χ1n) is 21.4. The molecule has 0 bridgehead atoms. The number of hydrogen-bond donors (Lipinski definition) is 0. The van der Waals surface area contributed by atoms with Crippen LogP contribution in [0.4, 0.5) is 17.1 Å². The largest absolute Gasteiger partial charge is 0.453 e. The van der Waals surface area contributed by atoms with Crippen LogP contribution in [0.25, 0.3) is 22.3 Å². The molecule has 1 unspecified atom stereocenters. The molecular weight excluding hydrogens is 659 g/mol. The van der Waals surface area contributed by atoms with Crippen molar-refractivity contribution in [1.29, 1.82) is 0 Å². The zero-order chi connectivity index (χ0) is 37.1. The number of benzene rings is 5. The molecule has 0 spiro atoms. The van der Waals surface area contributed by atoms with E-state index in [0.717, 1.165) is 52.0 Å². The Morgan fingerprint density at radius 2 is 1.04 bits per heavy atom. The highest BCUT2D eigenvalue weighted by atomic mass is 16.5. The summed E-state index contributed by atoms with van der Waals surface area (Å²) in [5.74, 6) is 3.95. The van der Waals surface area contributed by atoms with Crippen molar-refractivity contribution in [3.63, 3.8) is 0 Å². The summed E-state index contributed by atoms with van der Waals surface area (Å²) in [6.45, 7) is 9.36. The summed E-state index contributed by atoms with van der Waals surface area (Å²) in [6, 6.07) is 36.0. The molecule has 3 aliphatic rings. The molecule has 0 saturated heterocycles. The van der Waals surface area contributed by atoms with Gasteiger partial charge in [-0.15, -0.1) is 0 Å². The van der Waals surface area contributed by atoms with E-state index in [9.17, 15) is 0 Å². The van der Waals surface area contributed by atoms with Crippen LogP contribution >= 0.6 is 0 Å². The Morgan fingerprint density at radius 1 is 0.519 bits per heavy atom. The fourth-order valence-corrected chi connectivity index (χ4v) is 9.50. The molecule has 5 aromatic rings. The van der Waals surface area contributed by atoms with Gasteiger partial charge >= 0.3 is 0 Å². The van der Waals surface area contributed by atoms with Crippen LogP contribution in [0.2, 0.25) is 0 Å². The Morgan fingerprint density at radius 3 is 1.61 bits per heavy atom. The minimum absolute atomic E-state index is 0.0177. The quantitative estimate of drug-likeness (QED) is 0.0876. The van der Waals surface area contributed by atoms with Crippen LogP contribution in [-0.2, 0) is 5.41 Å². The topological polar surface area (TPSA) is 21.7 Å². The van der Waals surface area contributed by atoms with Crippen LogP contribution in [0.3, 0.4) is 0 Å². The molecule has 3 heteroatoms. The number of hydrogen-bond acceptors (Lipinski definition) is 3. The monoisotopic (exact) mass is 717 g/mol. The summed E-state index contributed by atoms with van der Waals surface area (Å²) in [4.78, 5) is 2.31. The molecule has 54 heavy (non-hydrogen) atoms. The molecule has 0 aromatic heterocycles. The molecule has 0 amide bonds. The number of unbranched alkanes of at least 4 members (excludes halogenated alkanes) is 10. The summed E-state index contributed by atoms with van der Waals surface area (Å²) in [7, 11) is 0. The maximum Gasteiger partial charge on any atom is 0.156 e. The van der Waals surface area contributed by atoms with Crippen molar-refractivity contribution in [1.82, 2.24) is 0 Å². The summed E-state index contributed by atoms with van der Waals surface area (Å²) in [5.41, 5.74) is 12.9. The lowest BCUT2D eigenvalue weighted by molar-refractivity contribution is 0.397. The van der Waals surface area contributed by atoms with E-state index in [1.54, 1.807) is 5.56 Å². The van der Waals surface area contributed by atoms with Gasteiger partial charge in [-0.2, -0.15) is 0 Å². The van der Waals surface area contributed by atoms with E-state index in [4.69, 9.17) is 9.47 Å². The second kappa shape index (κ2) is 16.1. The van der Waals surface area contributed by atoms with Crippen molar-refractivity contribution in [2.24, 2.45) is 0 Å². The molecule has 1 aliphatic carbocycles. The van der Waals surface area contributed by atoms with Gasteiger partial charge in [0.2, 0.25) is 0 Å². The number of ether oxygens (including phenoxy) is 2. The van der Waals surface area contributed by atoms with Gasteiger partial charge in [0.05, 0.1) is 11.4 Å². The van der Waals surface area contributed by atoms with Crippen LogP contribution in [0.15, 0.2) is 97.1 Å². The highest BCUT2D eigenvalue weighted by Gasteiger charge is 2.43. The highest BCUT2D eigenvalue weighted by Crippen LogP contribution is 2.61. The Hall–Kier alpha value is -4.50. The van der Waals surface area contributed by atoms with Crippen molar-refractivity contribution in [3.05, 3.63) is 114 Å². The number of anilines is 3. The first kappa shape index (κ1) is 36.5. The van der Waals surface area contributed by atoms with Crippen molar-refractivity contribution in [2.75, 3.05) is 4.90 Å². The lowest BCUT2D eigenvalue weighted by Crippen LogP contribution is -2.26.